The van der Waals surface area contributed by atoms with Gasteiger partial charge in [0.15, 0.2) is 5.82 Å². The van der Waals surface area contributed by atoms with Gasteiger partial charge >= 0.3 is 0 Å². The number of nitrogens with zero attached hydrogens (tertiary/aromatic N) is 3. The van der Waals surface area contributed by atoms with E-state index in [1.54, 1.807) is 6.20 Å². The van der Waals surface area contributed by atoms with E-state index in [1.807, 2.05) is 85.8 Å². The number of nitrogens with one attached hydrogen (secondary N) is 1. The van der Waals surface area contributed by atoms with Crippen molar-refractivity contribution in [3.8, 4) is 17.3 Å². The number of hydrogen-bond acceptors (Lipinski definition) is 5. The first kappa shape index (κ1) is 17.7. The van der Waals surface area contributed by atoms with Gasteiger partial charge in [-0.2, -0.15) is 0 Å². The molecule has 0 bridgehead atoms. The van der Waals surface area contributed by atoms with Crippen LogP contribution in [0.25, 0.3) is 11.5 Å². The lowest BCUT2D eigenvalue weighted by atomic mass is 10.2. The summed E-state index contributed by atoms with van der Waals surface area (Å²) in [5.41, 5.74) is 3.65. The summed E-state index contributed by atoms with van der Waals surface area (Å²) in [5.74, 6) is 2.11. The Hall–Kier alpha value is -3.73. The molecule has 4 rings (SSSR count). The molecule has 0 aliphatic heterocycles. The number of aromatic nitrogens is 3. The van der Waals surface area contributed by atoms with Crippen LogP contribution in [0.5, 0.6) is 5.75 Å². The monoisotopic (exact) mass is 368 g/mol. The second-order valence-electron chi connectivity index (χ2n) is 6.36. The lowest BCUT2D eigenvalue weighted by molar-refractivity contribution is 0.306. The van der Waals surface area contributed by atoms with Gasteiger partial charge in [-0.3, -0.25) is 4.98 Å². The smallest absolute Gasteiger partial charge is 0.180 e. The zero-order chi connectivity index (χ0) is 19.2. The predicted octanol–water partition coefficient (Wildman–Crippen LogP) is 5.17. The minimum atomic E-state index is 0.529. The lowest BCUT2D eigenvalue weighted by Crippen LogP contribution is -2.00. The Bertz CT molecular complexity index is 1050. The van der Waals surface area contributed by atoms with Crippen molar-refractivity contribution in [2.24, 2.45) is 0 Å². The standard InChI is InChI=1S/C23H20N4O/c1-17-14-22(27-23(25-17)21-12-5-6-13-24-21)26-19-10-7-11-20(15-19)28-16-18-8-3-2-4-9-18/h2-15H,16H2,1H3,(H,25,26,27). The van der Waals surface area contributed by atoms with Gasteiger partial charge in [-0.25, -0.2) is 9.97 Å². The maximum Gasteiger partial charge on any atom is 0.180 e. The molecule has 2 heterocycles. The summed E-state index contributed by atoms with van der Waals surface area (Å²) in [4.78, 5) is 13.4. The average molecular weight is 368 g/mol. The average Bonchev–Trinajstić information content (AvgIpc) is 2.73. The molecule has 1 N–H and O–H groups in total. The Morgan fingerprint density at radius 3 is 2.54 bits per heavy atom. The third kappa shape index (κ3) is 4.51. The van der Waals surface area contributed by atoms with Crippen molar-refractivity contribution in [3.05, 3.63) is 96.3 Å². The molecule has 0 unspecified atom stereocenters. The molecule has 0 saturated heterocycles. The number of rotatable bonds is 6. The number of anilines is 2. The van der Waals surface area contributed by atoms with Crippen LogP contribution in [-0.4, -0.2) is 15.0 Å². The van der Waals surface area contributed by atoms with Crippen LogP contribution >= 0.6 is 0 Å². The van der Waals surface area contributed by atoms with Gasteiger partial charge in [-0.15, -0.1) is 0 Å². The van der Waals surface area contributed by atoms with Gasteiger partial charge in [0.25, 0.3) is 0 Å². The SMILES string of the molecule is Cc1cc(Nc2cccc(OCc3ccccc3)c2)nc(-c2ccccn2)n1. The van der Waals surface area contributed by atoms with E-state index in [-0.39, 0.29) is 0 Å². The molecule has 2 aromatic heterocycles. The fourth-order valence-electron chi connectivity index (χ4n) is 2.79. The van der Waals surface area contributed by atoms with Crippen LogP contribution in [0.2, 0.25) is 0 Å². The van der Waals surface area contributed by atoms with Crippen molar-refractivity contribution >= 4 is 11.5 Å². The molecule has 2 aromatic carbocycles. The molecule has 28 heavy (non-hydrogen) atoms. The summed E-state index contributed by atoms with van der Waals surface area (Å²) in [6.07, 6.45) is 1.74. The molecule has 4 aromatic rings. The molecule has 0 radical (unpaired) electrons. The molecular formula is C23H20N4O. The molecule has 0 aliphatic rings. The minimum absolute atomic E-state index is 0.529. The van der Waals surface area contributed by atoms with E-state index in [1.165, 1.54) is 0 Å². The van der Waals surface area contributed by atoms with Crippen LogP contribution in [0.4, 0.5) is 11.5 Å². The van der Waals surface area contributed by atoms with Crippen LogP contribution in [0.3, 0.4) is 0 Å². The third-order valence-electron chi connectivity index (χ3n) is 4.10. The van der Waals surface area contributed by atoms with Gasteiger partial charge < -0.3 is 10.1 Å². The zero-order valence-corrected chi connectivity index (χ0v) is 15.5. The summed E-state index contributed by atoms with van der Waals surface area (Å²) in [6.45, 7) is 2.47. The molecule has 5 heteroatoms. The van der Waals surface area contributed by atoms with Crippen molar-refractivity contribution in [1.29, 1.82) is 0 Å². The van der Waals surface area contributed by atoms with Crippen LogP contribution in [-0.2, 0) is 6.61 Å². The molecule has 5 nitrogen and oxygen atoms in total. The highest BCUT2D eigenvalue weighted by Crippen LogP contribution is 2.23. The summed E-state index contributed by atoms with van der Waals surface area (Å²) < 4.78 is 5.90. The van der Waals surface area contributed by atoms with Gasteiger partial charge in [0.05, 0.1) is 0 Å². The highest BCUT2D eigenvalue weighted by molar-refractivity contribution is 5.61. The second-order valence-corrected chi connectivity index (χ2v) is 6.36. The van der Waals surface area contributed by atoms with E-state index in [2.05, 4.69) is 20.3 Å². The highest BCUT2D eigenvalue weighted by Gasteiger charge is 2.07. The van der Waals surface area contributed by atoms with E-state index in [9.17, 15) is 0 Å². The first-order valence-corrected chi connectivity index (χ1v) is 9.07. The zero-order valence-electron chi connectivity index (χ0n) is 15.5. The van der Waals surface area contributed by atoms with Crippen molar-refractivity contribution in [2.75, 3.05) is 5.32 Å². The van der Waals surface area contributed by atoms with Gasteiger partial charge in [0.2, 0.25) is 0 Å². The number of ether oxygens (including phenoxy) is 1. The molecule has 0 atom stereocenters. The van der Waals surface area contributed by atoms with Gasteiger partial charge in [-0.05, 0) is 36.8 Å². The van der Waals surface area contributed by atoms with Crippen LogP contribution in [0.1, 0.15) is 11.3 Å². The Morgan fingerprint density at radius 2 is 1.71 bits per heavy atom. The van der Waals surface area contributed by atoms with Crippen LogP contribution < -0.4 is 10.1 Å². The fraction of sp³-hybridized carbons (Fsp3) is 0.0870. The lowest BCUT2D eigenvalue weighted by Gasteiger charge is -2.11. The number of benzene rings is 2. The summed E-state index contributed by atoms with van der Waals surface area (Å²) in [6, 6.07) is 25.5. The minimum Gasteiger partial charge on any atom is -0.489 e. The summed E-state index contributed by atoms with van der Waals surface area (Å²) >= 11 is 0. The maximum absolute atomic E-state index is 5.90. The van der Waals surface area contributed by atoms with Crippen molar-refractivity contribution in [2.45, 2.75) is 13.5 Å². The van der Waals surface area contributed by atoms with Gasteiger partial charge in [0, 0.05) is 29.7 Å². The Kier molecular flexibility index (Phi) is 5.24. The number of aryl methyl sites for hydroxylation is 1. The first-order valence-electron chi connectivity index (χ1n) is 9.07. The van der Waals surface area contributed by atoms with Crippen molar-refractivity contribution in [1.82, 2.24) is 15.0 Å². The van der Waals surface area contributed by atoms with E-state index in [4.69, 9.17) is 4.74 Å². The molecule has 0 aliphatic carbocycles. The number of hydrogen-bond donors (Lipinski definition) is 1. The molecule has 0 saturated carbocycles. The molecule has 0 fully saturated rings. The van der Waals surface area contributed by atoms with E-state index < -0.39 is 0 Å². The first-order chi connectivity index (χ1) is 13.8. The van der Waals surface area contributed by atoms with E-state index >= 15 is 0 Å². The summed E-state index contributed by atoms with van der Waals surface area (Å²) in [7, 11) is 0. The Balaban J connectivity index is 1.51. The van der Waals surface area contributed by atoms with Crippen molar-refractivity contribution < 1.29 is 4.74 Å². The normalized spacial score (nSPS) is 10.5. The molecular weight excluding hydrogens is 348 g/mol. The molecule has 138 valence electrons. The topological polar surface area (TPSA) is 59.9 Å². The fourth-order valence-corrected chi connectivity index (χ4v) is 2.79. The quantitative estimate of drug-likeness (QED) is 0.509. The predicted molar refractivity (Wildman–Crippen MR) is 110 cm³/mol. The van der Waals surface area contributed by atoms with Crippen molar-refractivity contribution in [3.63, 3.8) is 0 Å². The number of pyridine rings is 1. The van der Waals surface area contributed by atoms with E-state index in [0.717, 1.165) is 28.4 Å². The third-order valence-corrected chi connectivity index (χ3v) is 4.10. The Morgan fingerprint density at radius 1 is 0.857 bits per heavy atom. The maximum atomic E-state index is 5.90. The highest BCUT2D eigenvalue weighted by atomic mass is 16.5. The van der Waals surface area contributed by atoms with Gasteiger partial charge in [-0.1, -0.05) is 42.5 Å². The van der Waals surface area contributed by atoms with Crippen LogP contribution in [0.15, 0.2) is 85.1 Å². The van der Waals surface area contributed by atoms with Gasteiger partial charge in [0.1, 0.15) is 23.9 Å². The Labute approximate surface area is 164 Å². The largest absolute Gasteiger partial charge is 0.489 e. The molecule has 0 amide bonds. The van der Waals surface area contributed by atoms with Crippen LogP contribution in [0, 0.1) is 6.92 Å². The summed E-state index contributed by atoms with van der Waals surface area (Å²) in [5, 5.41) is 3.33. The molecule has 0 spiro atoms. The van der Waals surface area contributed by atoms with E-state index in [0.29, 0.717) is 18.2 Å². The second kappa shape index (κ2) is 8.31.